The van der Waals surface area contributed by atoms with Crippen LogP contribution in [0.4, 0.5) is 5.69 Å². The highest BCUT2D eigenvalue weighted by atomic mass is 16.2. The van der Waals surface area contributed by atoms with E-state index in [2.05, 4.69) is 26.4 Å². The smallest absolute Gasteiger partial charge is 0.251 e. The van der Waals surface area contributed by atoms with Gasteiger partial charge in [-0.2, -0.15) is 5.10 Å². The van der Waals surface area contributed by atoms with Crippen LogP contribution in [0.25, 0.3) is 10.9 Å². The third-order valence-electron chi connectivity index (χ3n) is 3.06. The fraction of sp³-hybridized carbons (Fsp3) is 0.167. The van der Waals surface area contributed by atoms with E-state index in [1.165, 1.54) is 0 Å². The lowest BCUT2D eigenvalue weighted by atomic mass is 10.1. The third kappa shape index (κ3) is 2.18. The minimum Gasteiger partial charge on any atom is -0.326 e. The zero-order chi connectivity index (χ0) is 14.1. The Morgan fingerprint density at radius 3 is 2.75 bits per heavy atom. The molecule has 1 aromatic carbocycles. The van der Waals surface area contributed by atoms with Gasteiger partial charge in [0.25, 0.3) is 11.8 Å². The Hall–Kier alpha value is -2.90. The van der Waals surface area contributed by atoms with Crippen LogP contribution in [0.5, 0.6) is 0 Å². The summed E-state index contributed by atoms with van der Waals surface area (Å²) in [6.45, 7) is 0. The van der Waals surface area contributed by atoms with E-state index in [4.69, 9.17) is 0 Å². The number of carbonyl (C=O) groups excluding carboxylic acids is 3. The second kappa shape index (κ2) is 4.65. The van der Waals surface area contributed by atoms with Crippen LogP contribution in [0, 0.1) is 5.92 Å². The monoisotopic (exact) mass is 273 g/mol. The molecule has 0 saturated carbocycles. The van der Waals surface area contributed by atoms with Crippen LogP contribution in [0.1, 0.15) is 6.42 Å². The minimum atomic E-state index is -0.981. The number of amides is 3. The molecular formula is C12H11N5O3. The van der Waals surface area contributed by atoms with E-state index in [1.807, 2.05) is 6.07 Å². The average Bonchev–Trinajstić information content (AvgIpc) is 3.00. The van der Waals surface area contributed by atoms with Crippen LogP contribution in [-0.4, -0.2) is 27.9 Å². The first-order valence-electron chi connectivity index (χ1n) is 5.96. The van der Waals surface area contributed by atoms with Crippen molar-refractivity contribution in [2.24, 2.45) is 5.92 Å². The highest BCUT2D eigenvalue weighted by Gasteiger charge is 2.34. The molecule has 4 N–H and O–H groups in total. The predicted molar refractivity (Wildman–Crippen MR) is 69.1 cm³/mol. The highest BCUT2D eigenvalue weighted by Crippen LogP contribution is 2.17. The van der Waals surface area contributed by atoms with E-state index in [9.17, 15) is 14.4 Å². The standard InChI is InChI=1S/C12H11N5O3/c18-10(4-8-11(19)16-17-12(8)20)14-7-2-1-6-5-13-15-9(6)3-7/h1-3,5,8H,4H2,(H,13,15)(H,14,18)(H,16,19)(H,17,20). The second-order valence-corrected chi connectivity index (χ2v) is 4.46. The van der Waals surface area contributed by atoms with Crippen molar-refractivity contribution in [3.8, 4) is 0 Å². The molecule has 1 saturated heterocycles. The van der Waals surface area contributed by atoms with Crippen LogP contribution in [0.3, 0.4) is 0 Å². The fourth-order valence-corrected chi connectivity index (χ4v) is 2.01. The maximum absolute atomic E-state index is 11.8. The lowest BCUT2D eigenvalue weighted by Gasteiger charge is -2.06. The lowest BCUT2D eigenvalue weighted by molar-refractivity contribution is -0.131. The largest absolute Gasteiger partial charge is 0.326 e. The summed E-state index contributed by atoms with van der Waals surface area (Å²) in [5, 5.41) is 10.2. The van der Waals surface area contributed by atoms with Gasteiger partial charge in [-0.3, -0.25) is 30.3 Å². The summed E-state index contributed by atoms with van der Waals surface area (Å²) in [7, 11) is 0. The summed E-state index contributed by atoms with van der Waals surface area (Å²) in [6.07, 6.45) is 1.48. The Balaban J connectivity index is 1.69. The Morgan fingerprint density at radius 1 is 1.25 bits per heavy atom. The number of hydrazine groups is 1. The SMILES string of the molecule is O=C(CC1C(=O)NNC1=O)Nc1ccc2cn[nH]c2c1. The zero-order valence-electron chi connectivity index (χ0n) is 10.3. The van der Waals surface area contributed by atoms with Crippen molar-refractivity contribution >= 4 is 34.3 Å². The van der Waals surface area contributed by atoms with Crippen molar-refractivity contribution < 1.29 is 14.4 Å². The van der Waals surface area contributed by atoms with Crippen LogP contribution < -0.4 is 16.2 Å². The fourth-order valence-electron chi connectivity index (χ4n) is 2.01. The number of nitrogens with zero attached hydrogens (tertiary/aromatic N) is 1. The molecule has 0 aliphatic carbocycles. The van der Waals surface area contributed by atoms with Gasteiger partial charge in [-0.25, -0.2) is 0 Å². The van der Waals surface area contributed by atoms with E-state index in [1.54, 1.807) is 18.3 Å². The van der Waals surface area contributed by atoms with Gasteiger partial charge >= 0.3 is 0 Å². The van der Waals surface area contributed by atoms with Crippen LogP contribution in [-0.2, 0) is 14.4 Å². The van der Waals surface area contributed by atoms with Gasteiger partial charge in [-0.15, -0.1) is 0 Å². The highest BCUT2D eigenvalue weighted by molar-refractivity contribution is 6.09. The quantitative estimate of drug-likeness (QED) is 0.573. The molecule has 8 heteroatoms. The molecule has 8 nitrogen and oxygen atoms in total. The normalized spacial score (nSPS) is 15.2. The molecular weight excluding hydrogens is 262 g/mol. The maximum atomic E-state index is 11.8. The molecule has 20 heavy (non-hydrogen) atoms. The van der Waals surface area contributed by atoms with Gasteiger partial charge in [0.15, 0.2) is 0 Å². The number of hydrogen-bond donors (Lipinski definition) is 4. The Labute approximate surface area is 112 Å². The number of aromatic amines is 1. The average molecular weight is 273 g/mol. The van der Waals surface area contributed by atoms with E-state index in [-0.39, 0.29) is 6.42 Å². The molecule has 1 aromatic heterocycles. The Kier molecular flexibility index (Phi) is 2.82. The molecule has 0 spiro atoms. The summed E-state index contributed by atoms with van der Waals surface area (Å²) in [5.74, 6) is -2.37. The summed E-state index contributed by atoms with van der Waals surface area (Å²) in [6, 6.07) is 5.27. The van der Waals surface area contributed by atoms with Crippen molar-refractivity contribution in [3.63, 3.8) is 0 Å². The van der Waals surface area contributed by atoms with Gasteiger partial charge in [-0.1, -0.05) is 0 Å². The number of rotatable bonds is 3. The van der Waals surface area contributed by atoms with E-state index < -0.39 is 23.6 Å². The van der Waals surface area contributed by atoms with Gasteiger partial charge in [-0.05, 0) is 18.2 Å². The first-order chi connectivity index (χ1) is 9.63. The molecule has 2 aromatic rings. The topological polar surface area (TPSA) is 116 Å². The van der Waals surface area contributed by atoms with Crippen molar-refractivity contribution in [2.75, 3.05) is 5.32 Å². The van der Waals surface area contributed by atoms with Gasteiger partial charge < -0.3 is 5.32 Å². The van der Waals surface area contributed by atoms with Crippen molar-refractivity contribution in [1.82, 2.24) is 21.0 Å². The summed E-state index contributed by atoms with van der Waals surface area (Å²) in [5.41, 5.74) is 5.72. The first-order valence-corrected chi connectivity index (χ1v) is 5.96. The van der Waals surface area contributed by atoms with E-state index >= 15 is 0 Å². The lowest BCUT2D eigenvalue weighted by Crippen LogP contribution is -2.28. The molecule has 3 amide bonds. The molecule has 3 rings (SSSR count). The van der Waals surface area contributed by atoms with Gasteiger partial charge in [0.1, 0.15) is 5.92 Å². The zero-order valence-corrected chi connectivity index (χ0v) is 10.3. The predicted octanol–water partition coefficient (Wildman–Crippen LogP) is -0.331. The molecule has 0 bridgehead atoms. The number of carbonyl (C=O) groups is 3. The number of anilines is 1. The first kappa shape index (κ1) is 12.2. The summed E-state index contributed by atoms with van der Waals surface area (Å²) < 4.78 is 0. The second-order valence-electron chi connectivity index (χ2n) is 4.46. The number of aromatic nitrogens is 2. The minimum absolute atomic E-state index is 0.196. The number of H-pyrrole nitrogens is 1. The van der Waals surface area contributed by atoms with Gasteiger partial charge in [0.05, 0.1) is 11.7 Å². The number of benzene rings is 1. The van der Waals surface area contributed by atoms with Crippen LogP contribution >= 0.6 is 0 Å². The molecule has 2 heterocycles. The summed E-state index contributed by atoms with van der Waals surface area (Å²) in [4.78, 5) is 34.5. The molecule has 102 valence electrons. The summed E-state index contributed by atoms with van der Waals surface area (Å²) >= 11 is 0. The Bertz CT molecular complexity index is 692. The van der Waals surface area contributed by atoms with Crippen molar-refractivity contribution in [1.29, 1.82) is 0 Å². The van der Waals surface area contributed by atoms with Gasteiger partial charge in [0.2, 0.25) is 5.91 Å². The number of nitrogens with one attached hydrogen (secondary N) is 4. The molecule has 1 aliphatic rings. The molecule has 0 unspecified atom stereocenters. The molecule has 1 aliphatic heterocycles. The maximum Gasteiger partial charge on any atom is 0.251 e. The molecule has 0 radical (unpaired) electrons. The Morgan fingerprint density at radius 2 is 2.00 bits per heavy atom. The van der Waals surface area contributed by atoms with Crippen LogP contribution in [0.2, 0.25) is 0 Å². The molecule has 0 atom stereocenters. The van der Waals surface area contributed by atoms with Crippen LogP contribution in [0.15, 0.2) is 24.4 Å². The van der Waals surface area contributed by atoms with Crippen molar-refractivity contribution in [3.05, 3.63) is 24.4 Å². The van der Waals surface area contributed by atoms with Gasteiger partial charge in [0, 0.05) is 17.5 Å². The molecule has 1 fully saturated rings. The van der Waals surface area contributed by atoms with Crippen molar-refractivity contribution in [2.45, 2.75) is 6.42 Å². The van der Waals surface area contributed by atoms with E-state index in [0.29, 0.717) is 5.69 Å². The number of hydrogen-bond acceptors (Lipinski definition) is 4. The number of fused-ring (bicyclic) bond motifs is 1. The van der Waals surface area contributed by atoms with E-state index in [0.717, 1.165) is 10.9 Å². The third-order valence-corrected chi connectivity index (χ3v) is 3.06.